The SMILES string of the molecule is CC(C)(C)OC(=O)C1CCc2nnc(C(=O)O)n2C1. The molecule has 0 aromatic carbocycles. The topological polar surface area (TPSA) is 94.3 Å². The van der Waals surface area contributed by atoms with Crippen LogP contribution in [0.25, 0.3) is 0 Å². The Morgan fingerprint density at radius 1 is 1.37 bits per heavy atom. The third kappa shape index (κ3) is 2.91. The molecule has 0 radical (unpaired) electrons. The zero-order valence-electron chi connectivity index (χ0n) is 11.2. The number of aromatic nitrogens is 3. The molecule has 1 atom stereocenters. The predicted molar refractivity (Wildman–Crippen MR) is 64.6 cm³/mol. The van der Waals surface area contributed by atoms with Gasteiger partial charge in [-0.05, 0) is 27.2 Å². The third-order valence-corrected chi connectivity index (χ3v) is 2.88. The third-order valence-electron chi connectivity index (χ3n) is 2.88. The van der Waals surface area contributed by atoms with Crippen LogP contribution in [-0.4, -0.2) is 37.4 Å². The highest BCUT2D eigenvalue weighted by Crippen LogP contribution is 2.23. The van der Waals surface area contributed by atoms with Crippen molar-refractivity contribution in [3.63, 3.8) is 0 Å². The summed E-state index contributed by atoms with van der Waals surface area (Å²) < 4.78 is 6.82. The highest BCUT2D eigenvalue weighted by molar-refractivity contribution is 5.83. The number of nitrogens with zero attached hydrogens (tertiary/aromatic N) is 3. The zero-order chi connectivity index (χ0) is 14.2. The first-order chi connectivity index (χ1) is 8.78. The van der Waals surface area contributed by atoms with Crippen LogP contribution < -0.4 is 0 Å². The summed E-state index contributed by atoms with van der Waals surface area (Å²) in [7, 11) is 0. The maximum absolute atomic E-state index is 12.0. The van der Waals surface area contributed by atoms with Gasteiger partial charge in [-0.25, -0.2) is 4.79 Å². The van der Waals surface area contributed by atoms with Crippen molar-refractivity contribution in [3.8, 4) is 0 Å². The van der Waals surface area contributed by atoms with Crippen molar-refractivity contribution in [1.82, 2.24) is 14.8 Å². The van der Waals surface area contributed by atoms with Crippen molar-refractivity contribution in [2.24, 2.45) is 5.92 Å². The molecule has 1 aromatic heterocycles. The van der Waals surface area contributed by atoms with Gasteiger partial charge in [0.25, 0.3) is 0 Å². The van der Waals surface area contributed by atoms with Crippen LogP contribution in [0.3, 0.4) is 0 Å². The van der Waals surface area contributed by atoms with Gasteiger partial charge in [-0.15, -0.1) is 10.2 Å². The van der Waals surface area contributed by atoms with E-state index in [-0.39, 0.29) is 24.3 Å². The van der Waals surface area contributed by atoms with Crippen molar-refractivity contribution >= 4 is 11.9 Å². The number of esters is 1. The number of ether oxygens (including phenoxy) is 1. The number of carboxylic acids is 1. The Kier molecular flexibility index (Phi) is 3.30. The lowest BCUT2D eigenvalue weighted by molar-refractivity contribution is -0.161. The van der Waals surface area contributed by atoms with Crippen LogP contribution in [0.4, 0.5) is 0 Å². The zero-order valence-corrected chi connectivity index (χ0v) is 11.2. The molecule has 0 saturated carbocycles. The second-order valence-corrected chi connectivity index (χ2v) is 5.62. The van der Waals surface area contributed by atoms with Crippen LogP contribution in [0.2, 0.25) is 0 Å². The van der Waals surface area contributed by atoms with Gasteiger partial charge >= 0.3 is 11.9 Å². The monoisotopic (exact) mass is 267 g/mol. The summed E-state index contributed by atoms with van der Waals surface area (Å²) >= 11 is 0. The summed E-state index contributed by atoms with van der Waals surface area (Å²) in [6.07, 6.45) is 1.14. The number of carbonyl (C=O) groups excluding carboxylic acids is 1. The Labute approximate surface area is 110 Å². The molecule has 7 heteroatoms. The Hall–Kier alpha value is -1.92. The van der Waals surface area contributed by atoms with Crippen molar-refractivity contribution in [1.29, 1.82) is 0 Å². The highest BCUT2D eigenvalue weighted by Gasteiger charge is 2.32. The van der Waals surface area contributed by atoms with Gasteiger partial charge in [0, 0.05) is 13.0 Å². The lowest BCUT2D eigenvalue weighted by Gasteiger charge is -2.26. The molecule has 0 fully saturated rings. The Balaban J connectivity index is 2.15. The normalized spacial score (nSPS) is 18.8. The molecule has 0 amide bonds. The summed E-state index contributed by atoms with van der Waals surface area (Å²) in [4.78, 5) is 23.0. The molecule has 104 valence electrons. The largest absolute Gasteiger partial charge is 0.475 e. The van der Waals surface area contributed by atoms with E-state index in [1.165, 1.54) is 4.57 Å². The number of aromatic carboxylic acids is 1. The molecular weight excluding hydrogens is 250 g/mol. The van der Waals surface area contributed by atoms with Crippen LogP contribution in [0.5, 0.6) is 0 Å². The van der Waals surface area contributed by atoms with Crippen molar-refractivity contribution in [3.05, 3.63) is 11.6 Å². The van der Waals surface area contributed by atoms with Crippen LogP contribution in [0.1, 0.15) is 43.6 Å². The van der Waals surface area contributed by atoms with E-state index in [1.54, 1.807) is 20.8 Å². The van der Waals surface area contributed by atoms with E-state index in [0.29, 0.717) is 18.7 Å². The van der Waals surface area contributed by atoms with E-state index in [2.05, 4.69) is 10.2 Å². The van der Waals surface area contributed by atoms with Gasteiger partial charge in [-0.2, -0.15) is 0 Å². The quantitative estimate of drug-likeness (QED) is 0.799. The van der Waals surface area contributed by atoms with Crippen LogP contribution in [-0.2, 0) is 22.5 Å². The fourth-order valence-electron chi connectivity index (χ4n) is 2.06. The molecular formula is C12H17N3O4. The molecule has 2 heterocycles. The van der Waals surface area contributed by atoms with Gasteiger partial charge in [0.1, 0.15) is 11.4 Å². The smallest absolute Gasteiger partial charge is 0.374 e. The summed E-state index contributed by atoms with van der Waals surface area (Å²) in [5.74, 6) is -1.30. The van der Waals surface area contributed by atoms with Crippen molar-refractivity contribution < 1.29 is 19.4 Å². The second kappa shape index (κ2) is 4.64. The van der Waals surface area contributed by atoms with Gasteiger partial charge in [0.15, 0.2) is 0 Å². The average Bonchev–Trinajstić information content (AvgIpc) is 2.68. The van der Waals surface area contributed by atoms with Crippen LogP contribution >= 0.6 is 0 Å². The maximum Gasteiger partial charge on any atom is 0.374 e. The van der Waals surface area contributed by atoms with Crippen LogP contribution in [0.15, 0.2) is 0 Å². The average molecular weight is 267 g/mol. The lowest BCUT2D eigenvalue weighted by Crippen LogP contribution is -2.34. The number of rotatable bonds is 2. The molecule has 1 aliphatic rings. The minimum Gasteiger partial charge on any atom is -0.475 e. The van der Waals surface area contributed by atoms with E-state index < -0.39 is 11.6 Å². The van der Waals surface area contributed by atoms with Crippen molar-refractivity contribution in [2.75, 3.05) is 0 Å². The first-order valence-electron chi connectivity index (χ1n) is 6.16. The van der Waals surface area contributed by atoms with E-state index in [0.717, 1.165) is 0 Å². The molecule has 1 aromatic rings. The molecule has 19 heavy (non-hydrogen) atoms. The summed E-state index contributed by atoms with van der Waals surface area (Å²) in [6, 6.07) is 0. The number of carbonyl (C=O) groups is 2. The predicted octanol–water partition coefficient (Wildman–Crippen LogP) is 0.880. The van der Waals surface area contributed by atoms with E-state index in [9.17, 15) is 9.59 Å². The minimum absolute atomic E-state index is 0.122. The molecule has 1 unspecified atom stereocenters. The maximum atomic E-state index is 12.0. The van der Waals surface area contributed by atoms with Gasteiger partial charge < -0.3 is 14.4 Å². The van der Waals surface area contributed by atoms with E-state index in [4.69, 9.17) is 9.84 Å². The number of fused-ring (bicyclic) bond motifs is 1. The summed E-state index contributed by atoms with van der Waals surface area (Å²) in [6.45, 7) is 5.68. The van der Waals surface area contributed by atoms with E-state index in [1.807, 2.05) is 0 Å². The molecule has 0 bridgehead atoms. The van der Waals surface area contributed by atoms with Gasteiger partial charge in [0.05, 0.1) is 5.92 Å². The molecule has 0 spiro atoms. The van der Waals surface area contributed by atoms with E-state index >= 15 is 0 Å². The number of hydrogen-bond donors (Lipinski definition) is 1. The molecule has 0 saturated heterocycles. The molecule has 7 nitrogen and oxygen atoms in total. The molecule has 2 rings (SSSR count). The summed E-state index contributed by atoms with van der Waals surface area (Å²) in [5, 5.41) is 16.5. The Morgan fingerprint density at radius 3 is 2.63 bits per heavy atom. The van der Waals surface area contributed by atoms with Gasteiger partial charge in [0.2, 0.25) is 5.82 Å². The number of hydrogen-bond acceptors (Lipinski definition) is 5. The number of aryl methyl sites for hydroxylation is 1. The standard InChI is InChI=1S/C12H17N3O4/c1-12(2,3)19-11(18)7-4-5-8-13-14-9(10(16)17)15(8)6-7/h7H,4-6H2,1-3H3,(H,16,17). The highest BCUT2D eigenvalue weighted by atomic mass is 16.6. The Morgan fingerprint density at radius 2 is 2.05 bits per heavy atom. The second-order valence-electron chi connectivity index (χ2n) is 5.62. The molecule has 1 N–H and O–H groups in total. The van der Waals surface area contributed by atoms with Gasteiger partial charge in [-0.3, -0.25) is 4.79 Å². The first-order valence-corrected chi connectivity index (χ1v) is 6.16. The fourth-order valence-corrected chi connectivity index (χ4v) is 2.06. The fraction of sp³-hybridized carbons (Fsp3) is 0.667. The number of carboxylic acid groups (broad SMARTS) is 1. The minimum atomic E-state index is -1.14. The van der Waals surface area contributed by atoms with Crippen LogP contribution in [0, 0.1) is 5.92 Å². The Bertz CT molecular complexity index is 516. The van der Waals surface area contributed by atoms with Gasteiger partial charge in [-0.1, -0.05) is 0 Å². The summed E-state index contributed by atoms with van der Waals surface area (Å²) in [5.41, 5.74) is -0.541. The first kappa shape index (κ1) is 13.5. The molecule has 0 aliphatic carbocycles. The lowest BCUT2D eigenvalue weighted by atomic mass is 9.99. The molecule has 1 aliphatic heterocycles. The van der Waals surface area contributed by atoms with Crippen molar-refractivity contribution in [2.45, 2.75) is 45.8 Å².